The lowest BCUT2D eigenvalue weighted by molar-refractivity contribution is 0.0796. The van der Waals surface area contributed by atoms with Gasteiger partial charge in [0.15, 0.2) is 0 Å². The van der Waals surface area contributed by atoms with Crippen LogP contribution in [0.15, 0.2) is 12.2 Å². The van der Waals surface area contributed by atoms with E-state index in [1.165, 1.54) is 58.4 Å². The van der Waals surface area contributed by atoms with Crippen LogP contribution in [0.25, 0.3) is 0 Å². The first-order valence-electron chi connectivity index (χ1n) is 8.44. The minimum absolute atomic E-state index is 0.826. The zero-order valence-electron chi connectivity index (χ0n) is 12.7. The molecule has 2 bridgehead atoms. The maximum atomic E-state index is 2.73. The van der Waals surface area contributed by atoms with Gasteiger partial charge in [-0.2, -0.15) is 0 Å². The van der Waals surface area contributed by atoms with Crippen molar-refractivity contribution in [2.75, 3.05) is 32.7 Å². The van der Waals surface area contributed by atoms with Gasteiger partial charge in [-0.15, -0.1) is 0 Å². The zero-order valence-corrected chi connectivity index (χ0v) is 12.7. The van der Waals surface area contributed by atoms with Gasteiger partial charge in [-0.1, -0.05) is 26.0 Å². The molecule has 1 heterocycles. The highest BCUT2D eigenvalue weighted by molar-refractivity contribution is 5.10. The molecule has 3 rings (SSSR count). The van der Waals surface area contributed by atoms with E-state index >= 15 is 0 Å². The van der Waals surface area contributed by atoms with Crippen LogP contribution >= 0.6 is 0 Å². The van der Waals surface area contributed by atoms with Gasteiger partial charge in [0.25, 0.3) is 0 Å². The summed E-state index contributed by atoms with van der Waals surface area (Å²) in [5.41, 5.74) is 0. The topological polar surface area (TPSA) is 6.48 Å². The molecule has 2 nitrogen and oxygen atoms in total. The van der Waals surface area contributed by atoms with Gasteiger partial charge in [-0.25, -0.2) is 0 Å². The highest BCUT2D eigenvalue weighted by Crippen LogP contribution is 2.43. The summed E-state index contributed by atoms with van der Waals surface area (Å²) < 4.78 is 0. The first kappa shape index (κ1) is 13.6. The van der Waals surface area contributed by atoms with Gasteiger partial charge in [0.1, 0.15) is 0 Å². The largest absolute Gasteiger partial charge is 0.300 e. The average molecular weight is 262 g/mol. The Kier molecular flexibility index (Phi) is 4.28. The lowest BCUT2D eigenvalue weighted by Gasteiger charge is -2.40. The molecule has 1 saturated heterocycles. The number of piperazine rings is 1. The van der Waals surface area contributed by atoms with Crippen molar-refractivity contribution in [3.05, 3.63) is 12.2 Å². The second kappa shape index (κ2) is 5.97. The van der Waals surface area contributed by atoms with Gasteiger partial charge in [0.2, 0.25) is 0 Å². The van der Waals surface area contributed by atoms with E-state index in [1.807, 2.05) is 0 Å². The minimum Gasteiger partial charge on any atom is -0.300 e. The van der Waals surface area contributed by atoms with Crippen molar-refractivity contribution in [2.45, 2.75) is 45.6 Å². The summed E-state index contributed by atoms with van der Waals surface area (Å²) in [5.74, 6) is 2.82. The monoisotopic (exact) mass is 262 g/mol. The number of fused-ring (bicyclic) bond motifs is 2. The van der Waals surface area contributed by atoms with Gasteiger partial charge in [0.05, 0.1) is 0 Å². The van der Waals surface area contributed by atoms with E-state index in [0.29, 0.717) is 0 Å². The maximum Gasteiger partial charge on any atom is 0.0113 e. The molecule has 3 aliphatic rings. The highest BCUT2D eigenvalue weighted by atomic mass is 15.3. The van der Waals surface area contributed by atoms with E-state index in [1.54, 1.807) is 0 Å². The third kappa shape index (κ3) is 2.90. The minimum atomic E-state index is 0.826. The van der Waals surface area contributed by atoms with Crippen molar-refractivity contribution in [1.29, 1.82) is 0 Å². The van der Waals surface area contributed by atoms with Gasteiger partial charge in [0, 0.05) is 38.8 Å². The third-order valence-corrected chi connectivity index (χ3v) is 5.77. The Morgan fingerprint density at radius 2 is 1.74 bits per heavy atom. The molecule has 19 heavy (non-hydrogen) atoms. The smallest absolute Gasteiger partial charge is 0.0113 e. The van der Waals surface area contributed by atoms with Crippen molar-refractivity contribution in [3.63, 3.8) is 0 Å². The van der Waals surface area contributed by atoms with Gasteiger partial charge in [-0.3, -0.25) is 4.90 Å². The molecule has 108 valence electrons. The fourth-order valence-electron chi connectivity index (χ4n) is 4.55. The molecule has 0 unspecified atom stereocenters. The number of rotatable bonds is 5. The average Bonchev–Trinajstić information content (AvgIpc) is 3.04. The summed E-state index contributed by atoms with van der Waals surface area (Å²) in [6.45, 7) is 11.2. The van der Waals surface area contributed by atoms with Crippen LogP contribution in [0.5, 0.6) is 0 Å². The Bertz CT molecular complexity index is 313. The van der Waals surface area contributed by atoms with Crippen molar-refractivity contribution in [3.8, 4) is 0 Å². The molecule has 0 aromatic rings. The lowest BCUT2D eigenvalue weighted by atomic mass is 9.93. The van der Waals surface area contributed by atoms with Crippen molar-refractivity contribution >= 4 is 0 Å². The molecule has 2 heteroatoms. The summed E-state index contributed by atoms with van der Waals surface area (Å²) in [6.07, 6.45) is 10.5. The Labute approximate surface area is 118 Å². The summed E-state index contributed by atoms with van der Waals surface area (Å²) in [6, 6.07) is 0.826. The van der Waals surface area contributed by atoms with Gasteiger partial charge >= 0.3 is 0 Å². The summed E-state index contributed by atoms with van der Waals surface area (Å²) in [7, 11) is 0. The van der Waals surface area contributed by atoms with Crippen LogP contribution in [-0.2, 0) is 0 Å². The normalized spacial score (nSPS) is 35.6. The molecule has 2 aliphatic carbocycles. The van der Waals surface area contributed by atoms with E-state index in [4.69, 9.17) is 0 Å². The van der Waals surface area contributed by atoms with Crippen LogP contribution in [0, 0.1) is 17.8 Å². The van der Waals surface area contributed by atoms with E-state index in [9.17, 15) is 0 Å². The first-order valence-corrected chi connectivity index (χ1v) is 8.44. The molecule has 1 saturated carbocycles. The molecular formula is C17H30N2. The zero-order chi connectivity index (χ0) is 13.2. The van der Waals surface area contributed by atoms with Crippen molar-refractivity contribution < 1.29 is 0 Å². The maximum absolute atomic E-state index is 2.73. The summed E-state index contributed by atoms with van der Waals surface area (Å²) >= 11 is 0. The third-order valence-electron chi connectivity index (χ3n) is 5.77. The molecular weight excluding hydrogens is 232 g/mol. The number of nitrogens with zero attached hydrogens (tertiary/aromatic N) is 2. The predicted molar refractivity (Wildman–Crippen MR) is 81.2 cm³/mol. The fraction of sp³-hybridized carbons (Fsp3) is 0.882. The van der Waals surface area contributed by atoms with E-state index in [-0.39, 0.29) is 0 Å². The second-order valence-electron chi connectivity index (χ2n) is 6.85. The molecule has 0 spiro atoms. The van der Waals surface area contributed by atoms with E-state index in [0.717, 1.165) is 23.8 Å². The second-order valence-corrected chi connectivity index (χ2v) is 6.85. The summed E-state index contributed by atoms with van der Waals surface area (Å²) in [5, 5.41) is 0. The van der Waals surface area contributed by atoms with Gasteiger partial charge < -0.3 is 4.90 Å². The first-order chi connectivity index (χ1) is 9.30. The number of hydrogen-bond donors (Lipinski definition) is 0. The van der Waals surface area contributed by atoms with E-state index in [2.05, 4.69) is 35.8 Å². The Balaban J connectivity index is 1.44. The molecule has 2 fully saturated rings. The van der Waals surface area contributed by atoms with E-state index < -0.39 is 0 Å². The van der Waals surface area contributed by atoms with Gasteiger partial charge in [-0.05, 0) is 43.4 Å². The van der Waals surface area contributed by atoms with Crippen LogP contribution in [0.2, 0.25) is 0 Å². The van der Waals surface area contributed by atoms with Crippen LogP contribution < -0.4 is 0 Å². The Morgan fingerprint density at radius 1 is 1.00 bits per heavy atom. The number of allylic oxidation sites excluding steroid dienone is 2. The van der Waals surface area contributed by atoms with Crippen LogP contribution in [-0.4, -0.2) is 48.6 Å². The predicted octanol–water partition coefficient (Wildman–Crippen LogP) is 3.00. The molecule has 3 atom stereocenters. The molecule has 0 N–H and O–H groups in total. The molecule has 0 amide bonds. The molecule has 0 radical (unpaired) electrons. The molecule has 0 aromatic heterocycles. The lowest BCUT2D eigenvalue weighted by Crippen LogP contribution is -2.51. The van der Waals surface area contributed by atoms with Crippen LogP contribution in [0.1, 0.15) is 39.5 Å². The Morgan fingerprint density at radius 3 is 2.26 bits per heavy atom. The fourth-order valence-corrected chi connectivity index (χ4v) is 4.55. The Hall–Kier alpha value is -0.340. The standard InChI is InChI=1S/C17H30N2/c1-3-17(4-2)19-9-7-18(8-10-19)13-16-12-14-5-6-15(16)11-14/h5-6,14-17H,3-4,7-13H2,1-2H3/t14-,15-,16+/m0/s1. The molecule has 1 aliphatic heterocycles. The highest BCUT2D eigenvalue weighted by Gasteiger charge is 2.36. The van der Waals surface area contributed by atoms with Crippen LogP contribution in [0.4, 0.5) is 0 Å². The van der Waals surface area contributed by atoms with Crippen LogP contribution in [0.3, 0.4) is 0 Å². The number of hydrogen-bond acceptors (Lipinski definition) is 2. The van der Waals surface area contributed by atoms with Crippen molar-refractivity contribution in [2.24, 2.45) is 17.8 Å². The summed E-state index contributed by atoms with van der Waals surface area (Å²) in [4.78, 5) is 5.45. The quantitative estimate of drug-likeness (QED) is 0.703. The molecule has 0 aromatic carbocycles. The van der Waals surface area contributed by atoms with Crippen molar-refractivity contribution in [1.82, 2.24) is 9.80 Å². The SMILES string of the molecule is CCC(CC)N1CCN(C[C@H]2C[C@H]3C=C[C@H]2C3)CC1.